The summed E-state index contributed by atoms with van der Waals surface area (Å²) in [5, 5.41) is 0. The Bertz CT molecular complexity index is 352. The van der Waals surface area contributed by atoms with Gasteiger partial charge in [-0.3, -0.25) is 4.79 Å². The Balaban J connectivity index is 1.96. The molecular weight excluding hydrogens is 192 g/mol. The zero-order valence-electron chi connectivity index (χ0n) is 8.89. The number of nitrogens with two attached hydrogens (primary N) is 1. The average Bonchev–Trinajstić information content (AvgIpc) is 2.65. The highest BCUT2D eigenvalue weighted by Crippen LogP contribution is 2.22. The van der Waals surface area contributed by atoms with Crippen LogP contribution in [0.2, 0.25) is 0 Å². The first-order chi connectivity index (χ1) is 7.16. The smallest absolute Gasteiger partial charge is 0.219 e. The van der Waals surface area contributed by atoms with Gasteiger partial charge in [0.1, 0.15) is 5.82 Å². The molecule has 0 aliphatic carbocycles. The number of nitrogens with zero attached hydrogens (tertiary/aromatic N) is 3. The number of hydrogen-bond acceptors (Lipinski definition) is 3. The van der Waals surface area contributed by atoms with Crippen molar-refractivity contribution in [1.82, 2.24) is 14.5 Å². The number of amides is 1. The van der Waals surface area contributed by atoms with E-state index in [1.54, 1.807) is 13.3 Å². The van der Waals surface area contributed by atoms with Crippen LogP contribution in [0, 0.1) is 0 Å². The van der Waals surface area contributed by atoms with E-state index in [-0.39, 0.29) is 5.91 Å². The zero-order chi connectivity index (χ0) is 10.8. The molecule has 82 valence electrons. The Morgan fingerprint density at radius 1 is 1.53 bits per heavy atom. The molecule has 1 aromatic rings. The van der Waals surface area contributed by atoms with Gasteiger partial charge in [0.2, 0.25) is 5.91 Å². The van der Waals surface area contributed by atoms with Crippen LogP contribution in [0.25, 0.3) is 0 Å². The second-order valence-electron chi connectivity index (χ2n) is 3.98. The Labute approximate surface area is 88.9 Å². The molecule has 2 N–H and O–H groups in total. The molecule has 15 heavy (non-hydrogen) atoms. The first-order valence-corrected chi connectivity index (χ1v) is 5.21. The van der Waals surface area contributed by atoms with Crippen molar-refractivity contribution in [3.05, 3.63) is 12.5 Å². The number of likely N-dealkylation sites (tertiary alicyclic amines) is 1. The maximum absolute atomic E-state index is 11.1. The Morgan fingerprint density at radius 3 is 2.67 bits per heavy atom. The van der Waals surface area contributed by atoms with Gasteiger partial charge in [-0.1, -0.05) is 0 Å². The molecule has 5 heteroatoms. The number of anilines is 1. The van der Waals surface area contributed by atoms with Crippen LogP contribution in [-0.4, -0.2) is 33.4 Å². The number of carbonyl (C=O) groups is 1. The average molecular weight is 208 g/mol. The van der Waals surface area contributed by atoms with Crippen molar-refractivity contribution in [1.29, 1.82) is 0 Å². The molecular formula is C10H16N4O. The first-order valence-electron chi connectivity index (χ1n) is 5.21. The first kappa shape index (κ1) is 10.0. The lowest BCUT2D eigenvalue weighted by atomic mass is 10.1. The monoisotopic (exact) mass is 208 g/mol. The highest BCUT2D eigenvalue weighted by Gasteiger charge is 2.21. The molecule has 2 heterocycles. The second-order valence-corrected chi connectivity index (χ2v) is 3.98. The highest BCUT2D eigenvalue weighted by molar-refractivity contribution is 5.73. The summed E-state index contributed by atoms with van der Waals surface area (Å²) in [7, 11) is 0. The van der Waals surface area contributed by atoms with Crippen molar-refractivity contribution < 1.29 is 4.79 Å². The summed E-state index contributed by atoms with van der Waals surface area (Å²) in [5.74, 6) is 0.725. The number of nitrogen functional groups attached to an aromatic ring is 1. The van der Waals surface area contributed by atoms with Gasteiger partial charge in [-0.2, -0.15) is 0 Å². The van der Waals surface area contributed by atoms with Gasteiger partial charge in [0, 0.05) is 32.3 Å². The molecule has 0 unspecified atom stereocenters. The standard InChI is InChI=1S/C10H16N4O/c1-8(15)13-4-2-9(3-5-13)14-6-10(11)12-7-14/h6-7,9H,2-5,11H2,1H3. The van der Waals surface area contributed by atoms with E-state index in [0.29, 0.717) is 11.9 Å². The van der Waals surface area contributed by atoms with Crippen LogP contribution >= 0.6 is 0 Å². The van der Waals surface area contributed by atoms with E-state index in [1.165, 1.54) is 0 Å². The number of rotatable bonds is 1. The van der Waals surface area contributed by atoms with E-state index in [1.807, 2.05) is 15.7 Å². The summed E-state index contributed by atoms with van der Waals surface area (Å²) in [5.41, 5.74) is 5.56. The molecule has 0 atom stereocenters. The summed E-state index contributed by atoms with van der Waals surface area (Å²) >= 11 is 0. The van der Waals surface area contributed by atoms with Crippen LogP contribution in [0.4, 0.5) is 5.82 Å². The molecule has 0 radical (unpaired) electrons. The van der Waals surface area contributed by atoms with E-state index in [4.69, 9.17) is 5.73 Å². The van der Waals surface area contributed by atoms with Crippen molar-refractivity contribution in [3.8, 4) is 0 Å². The van der Waals surface area contributed by atoms with Crippen LogP contribution < -0.4 is 5.73 Å². The van der Waals surface area contributed by atoms with E-state index in [0.717, 1.165) is 25.9 Å². The van der Waals surface area contributed by atoms with Crippen LogP contribution in [-0.2, 0) is 4.79 Å². The lowest BCUT2D eigenvalue weighted by Crippen LogP contribution is -2.37. The molecule has 1 aromatic heterocycles. The van der Waals surface area contributed by atoms with Crippen LogP contribution in [0.3, 0.4) is 0 Å². The third-order valence-corrected chi connectivity index (χ3v) is 2.95. The molecule has 2 rings (SSSR count). The fraction of sp³-hybridized carbons (Fsp3) is 0.600. The predicted octanol–water partition coefficient (Wildman–Crippen LogP) is 0.649. The van der Waals surface area contributed by atoms with Crippen molar-refractivity contribution in [2.45, 2.75) is 25.8 Å². The maximum atomic E-state index is 11.1. The fourth-order valence-electron chi connectivity index (χ4n) is 2.03. The van der Waals surface area contributed by atoms with Crippen LogP contribution in [0.15, 0.2) is 12.5 Å². The summed E-state index contributed by atoms with van der Waals surface area (Å²) in [6.45, 7) is 3.28. The molecule has 0 bridgehead atoms. The van der Waals surface area contributed by atoms with Crippen molar-refractivity contribution >= 4 is 11.7 Å². The van der Waals surface area contributed by atoms with Gasteiger partial charge in [-0.05, 0) is 12.8 Å². The van der Waals surface area contributed by atoms with E-state index in [2.05, 4.69) is 4.98 Å². The molecule has 1 saturated heterocycles. The van der Waals surface area contributed by atoms with Gasteiger partial charge < -0.3 is 15.2 Å². The summed E-state index contributed by atoms with van der Waals surface area (Å²) in [4.78, 5) is 17.0. The third kappa shape index (κ3) is 2.11. The lowest BCUT2D eigenvalue weighted by molar-refractivity contribution is -0.130. The predicted molar refractivity (Wildman–Crippen MR) is 57.2 cm³/mol. The number of piperidine rings is 1. The Kier molecular flexibility index (Phi) is 2.62. The van der Waals surface area contributed by atoms with Gasteiger partial charge in [-0.15, -0.1) is 0 Å². The minimum Gasteiger partial charge on any atom is -0.382 e. The van der Waals surface area contributed by atoms with Crippen molar-refractivity contribution in [2.75, 3.05) is 18.8 Å². The number of imidazole rings is 1. The molecule has 0 aromatic carbocycles. The number of hydrogen-bond donors (Lipinski definition) is 1. The highest BCUT2D eigenvalue weighted by atomic mass is 16.2. The maximum Gasteiger partial charge on any atom is 0.219 e. The summed E-state index contributed by atoms with van der Waals surface area (Å²) in [6, 6.07) is 0.436. The summed E-state index contributed by atoms with van der Waals surface area (Å²) < 4.78 is 2.05. The SMILES string of the molecule is CC(=O)N1CCC(n2cnc(N)c2)CC1. The molecule has 1 aliphatic heterocycles. The van der Waals surface area contributed by atoms with E-state index >= 15 is 0 Å². The number of aromatic nitrogens is 2. The van der Waals surface area contributed by atoms with Crippen molar-refractivity contribution in [2.24, 2.45) is 0 Å². The van der Waals surface area contributed by atoms with Gasteiger partial charge >= 0.3 is 0 Å². The van der Waals surface area contributed by atoms with Crippen LogP contribution in [0.5, 0.6) is 0 Å². The largest absolute Gasteiger partial charge is 0.382 e. The Morgan fingerprint density at radius 2 is 2.20 bits per heavy atom. The van der Waals surface area contributed by atoms with E-state index < -0.39 is 0 Å². The molecule has 5 nitrogen and oxygen atoms in total. The quantitative estimate of drug-likeness (QED) is 0.737. The lowest BCUT2D eigenvalue weighted by Gasteiger charge is -2.31. The fourth-order valence-corrected chi connectivity index (χ4v) is 2.03. The molecule has 1 fully saturated rings. The third-order valence-electron chi connectivity index (χ3n) is 2.95. The minimum absolute atomic E-state index is 0.165. The zero-order valence-corrected chi connectivity index (χ0v) is 8.89. The normalized spacial score (nSPS) is 18.1. The molecule has 1 amide bonds. The molecule has 0 saturated carbocycles. The van der Waals surface area contributed by atoms with Gasteiger partial charge in [-0.25, -0.2) is 4.98 Å². The van der Waals surface area contributed by atoms with Gasteiger partial charge in [0.25, 0.3) is 0 Å². The molecule has 0 spiro atoms. The molecule has 1 aliphatic rings. The topological polar surface area (TPSA) is 64.2 Å². The minimum atomic E-state index is 0.165. The summed E-state index contributed by atoms with van der Waals surface area (Å²) in [6.07, 6.45) is 5.59. The van der Waals surface area contributed by atoms with Crippen molar-refractivity contribution in [3.63, 3.8) is 0 Å². The van der Waals surface area contributed by atoms with Gasteiger partial charge in [0.05, 0.1) is 6.33 Å². The van der Waals surface area contributed by atoms with Crippen LogP contribution in [0.1, 0.15) is 25.8 Å². The van der Waals surface area contributed by atoms with E-state index in [9.17, 15) is 4.79 Å². The number of carbonyl (C=O) groups excluding carboxylic acids is 1. The Hall–Kier alpha value is -1.52. The second kappa shape index (κ2) is 3.92. The van der Waals surface area contributed by atoms with Gasteiger partial charge in [0.15, 0.2) is 0 Å².